The van der Waals surface area contributed by atoms with E-state index in [0.717, 1.165) is 17.7 Å². The average Bonchev–Trinajstić information content (AvgIpc) is 3.04. The van der Waals surface area contributed by atoms with Gasteiger partial charge in [-0.25, -0.2) is 10.5 Å². The number of unbranched alkanes of at least 4 members (excludes halogenated alkanes) is 1. The first-order chi connectivity index (χ1) is 13.9. The van der Waals surface area contributed by atoms with Gasteiger partial charge in [0.25, 0.3) is 0 Å². The lowest BCUT2D eigenvalue weighted by Gasteiger charge is -2.10. The number of amides is 1. The molecule has 1 aromatic heterocycles. The van der Waals surface area contributed by atoms with Crippen molar-refractivity contribution in [3.8, 4) is 0 Å². The maximum absolute atomic E-state index is 13.1. The highest BCUT2D eigenvalue weighted by atomic mass is 32.2. The zero-order valence-electron chi connectivity index (χ0n) is 15.4. The van der Waals surface area contributed by atoms with E-state index >= 15 is 0 Å². The number of thioether (sulfide) groups is 1. The van der Waals surface area contributed by atoms with E-state index in [1.54, 1.807) is 5.48 Å². The molecular weight excluding hydrogens is 403 g/mol. The molecule has 0 aliphatic heterocycles. The predicted molar refractivity (Wildman–Crippen MR) is 105 cm³/mol. The SMILES string of the molecule is O=C(CCCCSc1nc2cc(C(F)(F)F)ccc2n1Cc1ccccc1)NO. The maximum Gasteiger partial charge on any atom is 0.416 e. The topological polar surface area (TPSA) is 67.2 Å². The number of carbonyl (C=O) groups is 1. The second kappa shape index (κ2) is 9.32. The van der Waals surface area contributed by atoms with Crippen molar-refractivity contribution in [1.29, 1.82) is 0 Å². The molecule has 0 bridgehead atoms. The highest BCUT2D eigenvalue weighted by molar-refractivity contribution is 7.99. The van der Waals surface area contributed by atoms with E-state index in [-0.39, 0.29) is 6.42 Å². The van der Waals surface area contributed by atoms with E-state index in [0.29, 0.717) is 41.3 Å². The number of imidazole rings is 1. The molecule has 9 heteroatoms. The smallest absolute Gasteiger partial charge is 0.314 e. The Morgan fingerprint density at radius 3 is 2.59 bits per heavy atom. The average molecular weight is 423 g/mol. The Morgan fingerprint density at radius 1 is 1.14 bits per heavy atom. The summed E-state index contributed by atoms with van der Waals surface area (Å²) in [5, 5.41) is 9.14. The number of hydroxylamine groups is 1. The summed E-state index contributed by atoms with van der Waals surface area (Å²) in [7, 11) is 0. The molecule has 2 N–H and O–H groups in total. The Bertz CT molecular complexity index is 974. The fraction of sp³-hybridized carbons (Fsp3) is 0.300. The van der Waals surface area contributed by atoms with Crippen LogP contribution in [0.2, 0.25) is 0 Å². The van der Waals surface area contributed by atoms with Gasteiger partial charge in [0, 0.05) is 12.2 Å². The number of carbonyl (C=O) groups excluding carboxylic acids is 1. The number of nitrogens with zero attached hydrogens (tertiary/aromatic N) is 2. The number of alkyl halides is 3. The Morgan fingerprint density at radius 2 is 1.90 bits per heavy atom. The number of halogens is 3. The normalized spacial score (nSPS) is 11.7. The van der Waals surface area contributed by atoms with Crippen molar-refractivity contribution < 1.29 is 23.2 Å². The molecule has 2 aromatic carbocycles. The molecule has 3 rings (SSSR count). The summed E-state index contributed by atoms with van der Waals surface area (Å²) >= 11 is 1.44. The van der Waals surface area contributed by atoms with Crippen molar-refractivity contribution in [1.82, 2.24) is 15.0 Å². The minimum Gasteiger partial charge on any atom is -0.314 e. The fourth-order valence-corrected chi connectivity index (χ4v) is 3.93. The van der Waals surface area contributed by atoms with Crippen molar-refractivity contribution in [3.63, 3.8) is 0 Å². The van der Waals surface area contributed by atoms with Crippen molar-refractivity contribution in [2.45, 2.75) is 37.1 Å². The molecule has 0 fully saturated rings. The van der Waals surface area contributed by atoms with Crippen LogP contribution in [0.4, 0.5) is 13.2 Å². The number of rotatable bonds is 8. The van der Waals surface area contributed by atoms with Crippen molar-refractivity contribution in [3.05, 3.63) is 59.7 Å². The zero-order valence-corrected chi connectivity index (χ0v) is 16.3. The first-order valence-corrected chi connectivity index (χ1v) is 10.0. The van der Waals surface area contributed by atoms with Crippen LogP contribution in [0.1, 0.15) is 30.4 Å². The summed E-state index contributed by atoms with van der Waals surface area (Å²) < 4.78 is 41.1. The van der Waals surface area contributed by atoms with Crippen LogP contribution in [0.25, 0.3) is 11.0 Å². The van der Waals surface area contributed by atoms with Crippen LogP contribution in [-0.4, -0.2) is 26.4 Å². The van der Waals surface area contributed by atoms with Gasteiger partial charge in [-0.2, -0.15) is 13.2 Å². The van der Waals surface area contributed by atoms with Gasteiger partial charge in [0.05, 0.1) is 23.1 Å². The summed E-state index contributed by atoms with van der Waals surface area (Å²) in [6.45, 7) is 0.498. The lowest BCUT2D eigenvalue weighted by Crippen LogP contribution is -2.17. The van der Waals surface area contributed by atoms with E-state index in [9.17, 15) is 18.0 Å². The predicted octanol–water partition coefficient (Wildman–Crippen LogP) is 4.87. The van der Waals surface area contributed by atoms with Gasteiger partial charge in [-0.3, -0.25) is 10.0 Å². The van der Waals surface area contributed by atoms with Gasteiger partial charge < -0.3 is 4.57 Å². The van der Waals surface area contributed by atoms with Crippen LogP contribution >= 0.6 is 11.8 Å². The van der Waals surface area contributed by atoms with E-state index in [2.05, 4.69) is 4.98 Å². The summed E-state index contributed by atoms with van der Waals surface area (Å²) in [5.74, 6) is 0.217. The van der Waals surface area contributed by atoms with Crippen molar-refractivity contribution in [2.24, 2.45) is 0 Å². The van der Waals surface area contributed by atoms with Crippen LogP contribution < -0.4 is 5.48 Å². The van der Waals surface area contributed by atoms with Gasteiger partial charge in [0.2, 0.25) is 5.91 Å². The Labute approximate surface area is 169 Å². The third kappa shape index (κ3) is 5.51. The molecule has 0 aliphatic rings. The summed E-state index contributed by atoms with van der Waals surface area (Å²) in [5.41, 5.74) is 2.84. The summed E-state index contributed by atoms with van der Waals surface area (Å²) in [6, 6.07) is 13.3. The van der Waals surface area contributed by atoms with E-state index < -0.39 is 17.6 Å². The molecule has 1 amide bonds. The number of hydrogen-bond donors (Lipinski definition) is 2. The van der Waals surface area contributed by atoms with E-state index in [1.807, 2.05) is 34.9 Å². The van der Waals surface area contributed by atoms with Crippen LogP contribution in [0, 0.1) is 0 Å². The second-order valence-corrected chi connectivity index (χ2v) is 7.57. The molecule has 0 spiro atoms. The molecular formula is C20H20F3N3O2S. The Balaban J connectivity index is 1.83. The molecule has 0 unspecified atom stereocenters. The first-order valence-electron chi connectivity index (χ1n) is 9.05. The van der Waals surface area contributed by atoms with Crippen LogP contribution in [-0.2, 0) is 17.5 Å². The molecule has 1 heterocycles. The molecule has 0 atom stereocenters. The minimum absolute atomic E-state index is 0.215. The van der Waals surface area contributed by atoms with E-state index in [4.69, 9.17) is 5.21 Å². The van der Waals surface area contributed by atoms with Crippen LogP contribution in [0.3, 0.4) is 0 Å². The monoisotopic (exact) mass is 423 g/mol. The van der Waals surface area contributed by atoms with Gasteiger partial charge in [0.15, 0.2) is 5.16 Å². The third-order valence-electron chi connectivity index (χ3n) is 4.38. The molecule has 29 heavy (non-hydrogen) atoms. The molecule has 154 valence electrons. The number of aromatic nitrogens is 2. The van der Waals surface area contributed by atoms with Gasteiger partial charge >= 0.3 is 6.18 Å². The standard InChI is InChI=1S/C20H20F3N3O2S/c21-20(22,23)15-9-10-17-16(12-15)24-19(29-11-5-4-8-18(27)25-28)26(17)13-14-6-2-1-3-7-14/h1-3,6-7,9-10,12,28H,4-5,8,11,13H2,(H,25,27). The molecule has 0 saturated carbocycles. The molecule has 5 nitrogen and oxygen atoms in total. The minimum atomic E-state index is -4.42. The lowest BCUT2D eigenvalue weighted by molar-refractivity contribution is -0.137. The molecule has 0 radical (unpaired) electrons. The second-order valence-electron chi connectivity index (χ2n) is 6.51. The largest absolute Gasteiger partial charge is 0.416 e. The Kier molecular flexibility index (Phi) is 6.81. The van der Waals surface area contributed by atoms with Crippen molar-refractivity contribution >= 4 is 28.7 Å². The van der Waals surface area contributed by atoms with Crippen LogP contribution in [0.5, 0.6) is 0 Å². The number of hydrogen-bond acceptors (Lipinski definition) is 4. The maximum atomic E-state index is 13.1. The highest BCUT2D eigenvalue weighted by Gasteiger charge is 2.31. The van der Waals surface area contributed by atoms with Crippen molar-refractivity contribution in [2.75, 3.05) is 5.75 Å². The number of benzene rings is 2. The number of nitrogens with one attached hydrogen (secondary N) is 1. The third-order valence-corrected chi connectivity index (χ3v) is 5.44. The van der Waals surface area contributed by atoms with Gasteiger partial charge in [-0.15, -0.1) is 0 Å². The van der Waals surface area contributed by atoms with E-state index in [1.165, 1.54) is 17.8 Å². The van der Waals surface area contributed by atoms with Gasteiger partial charge in [0.1, 0.15) is 0 Å². The molecule has 0 aliphatic carbocycles. The zero-order chi connectivity index (χ0) is 20.9. The number of fused-ring (bicyclic) bond motifs is 1. The van der Waals surface area contributed by atoms with Crippen LogP contribution in [0.15, 0.2) is 53.7 Å². The highest BCUT2D eigenvalue weighted by Crippen LogP contribution is 2.33. The summed E-state index contributed by atoms with van der Waals surface area (Å²) in [4.78, 5) is 15.5. The molecule has 0 saturated heterocycles. The lowest BCUT2D eigenvalue weighted by atomic mass is 10.2. The quantitative estimate of drug-likeness (QED) is 0.235. The summed E-state index contributed by atoms with van der Waals surface area (Å²) in [6.07, 6.45) is -2.90. The first kappa shape index (κ1) is 21.2. The van der Waals surface area contributed by atoms with Gasteiger partial charge in [-0.05, 0) is 36.6 Å². The van der Waals surface area contributed by atoms with Gasteiger partial charge in [-0.1, -0.05) is 42.1 Å². The molecule has 3 aromatic rings. The Hall–Kier alpha value is -2.52. The fourth-order valence-electron chi connectivity index (χ4n) is 2.92.